The van der Waals surface area contributed by atoms with E-state index in [2.05, 4.69) is 27.7 Å². The molecule has 7 aliphatic rings. The number of rotatable bonds is 13. The third kappa shape index (κ3) is 19.6. The van der Waals surface area contributed by atoms with Crippen LogP contribution in [0.15, 0.2) is 11.1 Å². The van der Waals surface area contributed by atoms with E-state index in [4.69, 9.17) is 0 Å². The number of hydrogen-bond donors (Lipinski definition) is 0. The van der Waals surface area contributed by atoms with Crippen LogP contribution in [-0.4, -0.2) is 10.9 Å². The molecule has 0 N–H and O–H groups in total. The molecule has 0 amide bonds. The molecule has 1 nitrogen and oxygen atoms in total. The summed E-state index contributed by atoms with van der Waals surface area (Å²) in [6, 6.07) is 0. The molecule has 3 saturated carbocycles. The summed E-state index contributed by atoms with van der Waals surface area (Å²) in [6.07, 6.45) is 70.3. The predicted molar refractivity (Wildman–Crippen MR) is 302 cm³/mol. The lowest BCUT2D eigenvalue weighted by atomic mass is 9.63. The van der Waals surface area contributed by atoms with Crippen LogP contribution in [0.1, 0.15) is 342 Å². The van der Waals surface area contributed by atoms with Gasteiger partial charge >= 0.3 is 0 Å². The zero-order valence-electron chi connectivity index (χ0n) is 46.6. The highest BCUT2D eigenvalue weighted by atomic mass is 32.2. The molecule has 0 aromatic carbocycles. The number of hydrogen-bond acceptors (Lipinski definition) is 2. The van der Waals surface area contributed by atoms with E-state index in [0.29, 0.717) is 27.3 Å². The zero-order valence-corrected chi connectivity index (χ0v) is 47.5. The standard InChI is InChI=1S/C66H118OS/c1-5-8-35-62-38-18-29-58-28-13-11-12-16-43-65(52-58,42-10-7-3)47-19-30-56-31-20-48-66(49-21-32-56)50-23-34-57(51-59(53-66)54-68-63(62)67)33-22-44-64(41-9-6-2)45-24-39-60-36-15-14-26-55(4)27-17-37-61(60)40-25-46-64/h55-59,62H,5-54H2,1-4H3/b61-60-/t55-,56?,57?,58?,59?,62?,64?,65?,66?/m0/s1. The first-order valence-electron chi connectivity index (χ1n) is 32.1. The van der Waals surface area contributed by atoms with Crippen LogP contribution in [0.4, 0.5) is 0 Å². The van der Waals surface area contributed by atoms with Crippen LogP contribution >= 0.6 is 11.8 Å². The van der Waals surface area contributed by atoms with Crippen molar-refractivity contribution in [2.75, 3.05) is 5.75 Å². The highest BCUT2D eigenvalue weighted by molar-refractivity contribution is 8.13. The smallest absolute Gasteiger partial charge is 0.192 e. The Morgan fingerprint density at radius 2 is 1.06 bits per heavy atom. The second-order valence-electron chi connectivity index (χ2n) is 26.8. The van der Waals surface area contributed by atoms with Crippen molar-refractivity contribution in [2.45, 2.75) is 342 Å². The lowest BCUT2D eigenvalue weighted by molar-refractivity contribution is -0.114. The fraction of sp³-hybridized carbons (Fsp3) is 0.955. The average Bonchev–Trinajstić information content (AvgIpc) is 3.47. The Kier molecular flexibility index (Phi) is 26.4. The maximum absolute atomic E-state index is 14.6. The van der Waals surface area contributed by atoms with Gasteiger partial charge in [0, 0.05) is 11.7 Å². The molecular formula is C66H118OS. The molecule has 2 heteroatoms. The minimum atomic E-state index is 0.294. The Balaban J connectivity index is 1.13. The SMILES string of the molecule is CCCCC1CCCC2CCCCCCC(CCCC)(CCCC3CCCC4(CCC3)CCCC(CCCC3(CCCC)CCC/C5=C(/CCC[C@@H](C)CCCC5)CCC3)CC(CSC1=O)C4)C2. The first kappa shape index (κ1) is 57.0. The minimum Gasteiger partial charge on any atom is -0.287 e. The Bertz CT molecular complexity index is 1380. The molecule has 2 aliphatic heterocycles. The van der Waals surface area contributed by atoms with E-state index in [1.807, 2.05) is 22.9 Å². The highest BCUT2D eigenvalue weighted by Crippen LogP contribution is 2.52. The summed E-state index contributed by atoms with van der Waals surface area (Å²) in [5.74, 6) is 5.83. The first-order chi connectivity index (χ1) is 33.3. The Labute approximate surface area is 430 Å². The van der Waals surface area contributed by atoms with Gasteiger partial charge < -0.3 is 0 Å². The molecule has 7 atom stereocenters. The molecule has 5 fully saturated rings. The summed E-state index contributed by atoms with van der Waals surface area (Å²) >= 11 is 1.86. The summed E-state index contributed by atoms with van der Waals surface area (Å²) < 4.78 is 0. The van der Waals surface area contributed by atoms with Gasteiger partial charge in [0.2, 0.25) is 0 Å². The van der Waals surface area contributed by atoms with Gasteiger partial charge in [0.15, 0.2) is 5.12 Å². The first-order valence-corrected chi connectivity index (χ1v) is 33.1. The molecule has 7 rings (SSSR count). The lowest BCUT2D eigenvalue weighted by Crippen LogP contribution is -2.31. The summed E-state index contributed by atoms with van der Waals surface area (Å²) in [4.78, 5) is 14.6. The molecule has 0 aromatic rings. The third-order valence-electron chi connectivity index (χ3n) is 21.2. The van der Waals surface area contributed by atoms with Crippen LogP contribution in [0.3, 0.4) is 0 Å². The van der Waals surface area contributed by atoms with Crippen molar-refractivity contribution >= 4 is 16.9 Å². The summed E-state index contributed by atoms with van der Waals surface area (Å²) in [5, 5.41) is 0.605. The van der Waals surface area contributed by atoms with Crippen molar-refractivity contribution in [3.63, 3.8) is 0 Å². The van der Waals surface area contributed by atoms with E-state index in [1.165, 1.54) is 308 Å². The van der Waals surface area contributed by atoms with Crippen LogP contribution in [-0.2, 0) is 4.79 Å². The molecule has 0 aromatic heterocycles. The van der Waals surface area contributed by atoms with Crippen molar-refractivity contribution in [3.05, 3.63) is 11.1 Å². The van der Waals surface area contributed by atoms with Crippen LogP contribution in [0.25, 0.3) is 0 Å². The second kappa shape index (κ2) is 31.5. The van der Waals surface area contributed by atoms with Gasteiger partial charge in [-0.25, -0.2) is 0 Å². The van der Waals surface area contributed by atoms with Gasteiger partial charge in [-0.2, -0.15) is 0 Å². The van der Waals surface area contributed by atoms with Crippen molar-refractivity contribution in [3.8, 4) is 0 Å². The maximum atomic E-state index is 14.6. The molecule has 394 valence electrons. The monoisotopic (exact) mass is 959 g/mol. The largest absolute Gasteiger partial charge is 0.287 e. The van der Waals surface area contributed by atoms with E-state index < -0.39 is 0 Å². The van der Waals surface area contributed by atoms with E-state index in [-0.39, 0.29) is 0 Å². The van der Waals surface area contributed by atoms with Crippen LogP contribution in [0.5, 0.6) is 0 Å². The molecule has 5 aliphatic carbocycles. The van der Waals surface area contributed by atoms with Gasteiger partial charge in [0.25, 0.3) is 0 Å². The quantitative estimate of drug-likeness (QED) is 0.171. The minimum absolute atomic E-state index is 0.294. The molecule has 2 heterocycles. The van der Waals surface area contributed by atoms with E-state index >= 15 is 0 Å². The lowest BCUT2D eigenvalue weighted by Gasteiger charge is -2.43. The van der Waals surface area contributed by atoms with Gasteiger partial charge in [0.05, 0.1) is 0 Å². The molecule has 68 heavy (non-hydrogen) atoms. The highest BCUT2D eigenvalue weighted by Gasteiger charge is 2.39. The number of fused-ring (bicyclic) bond motifs is 12. The van der Waals surface area contributed by atoms with Gasteiger partial charge in [-0.05, 0) is 194 Å². The third-order valence-corrected chi connectivity index (χ3v) is 22.5. The van der Waals surface area contributed by atoms with E-state index in [1.54, 1.807) is 0 Å². The summed E-state index contributed by atoms with van der Waals surface area (Å²) in [6.45, 7) is 9.75. The van der Waals surface area contributed by atoms with Gasteiger partial charge in [0.1, 0.15) is 0 Å². The van der Waals surface area contributed by atoms with Gasteiger partial charge in [-0.3, -0.25) is 4.79 Å². The van der Waals surface area contributed by atoms with Crippen molar-refractivity contribution in [1.82, 2.24) is 0 Å². The molecule has 6 unspecified atom stereocenters. The molecule has 2 saturated heterocycles. The average molecular weight is 960 g/mol. The predicted octanol–water partition coefficient (Wildman–Crippen LogP) is 22.5. The van der Waals surface area contributed by atoms with Crippen molar-refractivity contribution in [2.24, 2.45) is 51.8 Å². The summed E-state index contributed by atoms with van der Waals surface area (Å²) in [5.41, 5.74) is 5.59. The molecule has 1 spiro atoms. The fourth-order valence-electron chi connectivity index (χ4n) is 17.2. The van der Waals surface area contributed by atoms with E-state index in [0.717, 1.165) is 41.8 Å². The van der Waals surface area contributed by atoms with Crippen LogP contribution < -0.4 is 0 Å². The van der Waals surface area contributed by atoms with Crippen molar-refractivity contribution < 1.29 is 4.79 Å². The van der Waals surface area contributed by atoms with Gasteiger partial charge in [-0.15, -0.1) is 0 Å². The Morgan fingerprint density at radius 3 is 1.81 bits per heavy atom. The van der Waals surface area contributed by atoms with Crippen LogP contribution in [0.2, 0.25) is 0 Å². The number of carbonyl (C=O) groups is 1. The van der Waals surface area contributed by atoms with E-state index in [9.17, 15) is 4.79 Å². The zero-order chi connectivity index (χ0) is 47.8. The van der Waals surface area contributed by atoms with Gasteiger partial charge in [-0.1, -0.05) is 218 Å². The Morgan fingerprint density at radius 1 is 0.471 bits per heavy atom. The normalized spacial score (nSPS) is 36.7. The number of thioether (sulfide) groups is 1. The summed E-state index contributed by atoms with van der Waals surface area (Å²) in [7, 11) is 0. The number of unbranched alkanes of at least 4 members (excludes halogenated alkanes) is 3. The fourth-order valence-corrected chi connectivity index (χ4v) is 18.3. The molecule has 5 bridgehead atoms. The number of carbonyl (C=O) groups excluding carboxylic acids is 1. The maximum Gasteiger partial charge on any atom is 0.192 e. The van der Waals surface area contributed by atoms with Crippen molar-refractivity contribution in [1.29, 1.82) is 0 Å². The topological polar surface area (TPSA) is 17.1 Å². The second-order valence-corrected chi connectivity index (χ2v) is 27.8. The molecular weight excluding hydrogens is 841 g/mol. The van der Waals surface area contributed by atoms with Crippen LogP contribution in [0, 0.1) is 51.8 Å². The molecule has 0 radical (unpaired) electrons. The Hall–Kier alpha value is -0.240. The number of allylic oxidation sites excluding steroid dienone is 2.